The molecule has 0 unspecified atom stereocenters. The fraction of sp³-hybridized carbons (Fsp3) is 0.188. The quantitative estimate of drug-likeness (QED) is 0.729. The van der Waals surface area contributed by atoms with Crippen LogP contribution in [0.1, 0.15) is 22.1 Å². The minimum absolute atomic E-state index is 0.157. The molecule has 3 rings (SSSR count). The third-order valence-corrected chi connectivity index (χ3v) is 3.17. The number of rotatable bonds is 3. The first-order chi connectivity index (χ1) is 9.63. The Hall–Kier alpha value is -2.49. The third-order valence-electron chi connectivity index (χ3n) is 3.17. The largest absolute Gasteiger partial charge is 0.464 e. The van der Waals surface area contributed by atoms with Gasteiger partial charge >= 0.3 is 0 Å². The number of carbonyl (C=O) groups is 1. The lowest BCUT2D eigenvalue weighted by molar-refractivity contribution is 0.0745. The minimum atomic E-state index is -0.157. The average molecular weight is 269 g/mol. The summed E-state index contributed by atoms with van der Waals surface area (Å²) in [5.41, 5.74) is 0.720. The highest BCUT2D eigenvalue weighted by Gasteiger charge is 2.17. The smallest absolute Gasteiger partial charge is 0.289 e. The number of carbonyl (C=O) groups excluding carboxylic acids is 1. The summed E-state index contributed by atoms with van der Waals surface area (Å²) in [6, 6.07) is 13.1. The summed E-state index contributed by atoms with van der Waals surface area (Å²) in [6.07, 6.45) is 0. The zero-order chi connectivity index (χ0) is 14.1. The van der Waals surface area contributed by atoms with Crippen molar-refractivity contribution in [2.75, 3.05) is 7.05 Å². The van der Waals surface area contributed by atoms with Crippen molar-refractivity contribution >= 4 is 16.9 Å². The molecule has 0 aliphatic carbocycles. The number of benzene rings is 1. The molecule has 0 aliphatic rings. The normalized spacial score (nSPS) is 10.9. The van der Waals surface area contributed by atoms with Gasteiger partial charge in [0.1, 0.15) is 17.1 Å². The Kier molecular flexibility index (Phi) is 3.06. The molecule has 0 aliphatic heterocycles. The first kappa shape index (κ1) is 12.5. The molecule has 2 heterocycles. The van der Waals surface area contributed by atoms with Gasteiger partial charge in [-0.2, -0.15) is 0 Å². The van der Waals surface area contributed by atoms with Crippen molar-refractivity contribution in [3.05, 3.63) is 59.7 Å². The van der Waals surface area contributed by atoms with E-state index in [4.69, 9.17) is 8.83 Å². The monoisotopic (exact) mass is 269 g/mol. The van der Waals surface area contributed by atoms with E-state index in [1.54, 1.807) is 18.0 Å². The van der Waals surface area contributed by atoms with Crippen LogP contribution in [0.2, 0.25) is 0 Å². The van der Waals surface area contributed by atoms with Crippen LogP contribution in [0.3, 0.4) is 0 Å². The Balaban J connectivity index is 1.80. The molecule has 0 atom stereocenters. The summed E-state index contributed by atoms with van der Waals surface area (Å²) in [5, 5.41) is 0.929. The Morgan fingerprint density at radius 3 is 2.65 bits per heavy atom. The number of fused-ring (bicyclic) bond motifs is 1. The number of nitrogens with zero attached hydrogens (tertiary/aromatic N) is 1. The van der Waals surface area contributed by atoms with E-state index in [9.17, 15) is 4.79 Å². The van der Waals surface area contributed by atoms with E-state index in [1.165, 1.54) is 0 Å². The van der Waals surface area contributed by atoms with Gasteiger partial charge in [-0.15, -0.1) is 0 Å². The topological polar surface area (TPSA) is 46.6 Å². The molecule has 0 saturated carbocycles. The van der Waals surface area contributed by atoms with Gasteiger partial charge in [-0.1, -0.05) is 18.2 Å². The lowest BCUT2D eigenvalue weighted by Gasteiger charge is -2.13. The van der Waals surface area contributed by atoms with Crippen LogP contribution in [-0.4, -0.2) is 17.9 Å². The van der Waals surface area contributed by atoms with E-state index >= 15 is 0 Å². The van der Waals surface area contributed by atoms with E-state index in [-0.39, 0.29) is 5.91 Å². The SMILES string of the molecule is Cc1ccc(CN(C)C(=O)c2cc3ccccc3o2)o1. The van der Waals surface area contributed by atoms with Gasteiger partial charge in [0, 0.05) is 12.4 Å². The highest BCUT2D eigenvalue weighted by Crippen LogP contribution is 2.20. The van der Waals surface area contributed by atoms with Gasteiger partial charge in [0.15, 0.2) is 5.76 Å². The number of hydrogen-bond acceptors (Lipinski definition) is 3. The van der Waals surface area contributed by atoms with Crippen LogP contribution in [0.4, 0.5) is 0 Å². The molecule has 3 aromatic rings. The van der Waals surface area contributed by atoms with Crippen molar-refractivity contribution in [3.8, 4) is 0 Å². The van der Waals surface area contributed by atoms with E-state index in [0.717, 1.165) is 22.5 Å². The van der Waals surface area contributed by atoms with Gasteiger partial charge in [0.2, 0.25) is 0 Å². The highest BCUT2D eigenvalue weighted by atomic mass is 16.4. The second-order valence-corrected chi connectivity index (χ2v) is 4.82. The molecule has 102 valence electrons. The molecule has 0 fully saturated rings. The van der Waals surface area contributed by atoms with E-state index < -0.39 is 0 Å². The van der Waals surface area contributed by atoms with Gasteiger partial charge in [0.05, 0.1) is 6.54 Å². The highest BCUT2D eigenvalue weighted by molar-refractivity contribution is 5.95. The zero-order valence-electron chi connectivity index (χ0n) is 11.4. The average Bonchev–Trinajstić information content (AvgIpc) is 3.03. The van der Waals surface area contributed by atoms with Crippen molar-refractivity contribution in [3.63, 3.8) is 0 Å². The van der Waals surface area contributed by atoms with Gasteiger partial charge < -0.3 is 13.7 Å². The maximum Gasteiger partial charge on any atom is 0.289 e. The number of furan rings is 2. The van der Waals surface area contributed by atoms with E-state index in [2.05, 4.69) is 0 Å². The summed E-state index contributed by atoms with van der Waals surface area (Å²) >= 11 is 0. The Morgan fingerprint density at radius 1 is 1.15 bits per heavy atom. The second kappa shape index (κ2) is 4.89. The predicted molar refractivity (Wildman–Crippen MR) is 75.5 cm³/mol. The van der Waals surface area contributed by atoms with Crippen LogP contribution in [0.25, 0.3) is 11.0 Å². The molecule has 1 amide bonds. The lowest BCUT2D eigenvalue weighted by atomic mass is 10.2. The summed E-state index contributed by atoms with van der Waals surface area (Å²) in [6.45, 7) is 2.30. The summed E-state index contributed by atoms with van der Waals surface area (Å²) in [4.78, 5) is 13.9. The van der Waals surface area contributed by atoms with Crippen molar-refractivity contribution in [1.82, 2.24) is 4.90 Å². The molecular weight excluding hydrogens is 254 g/mol. The maximum absolute atomic E-state index is 12.3. The maximum atomic E-state index is 12.3. The lowest BCUT2D eigenvalue weighted by Crippen LogP contribution is -2.25. The Bertz CT molecular complexity index is 721. The molecule has 2 aromatic heterocycles. The van der Waals surface area contributed by atoms with Crippen molar-refractivity contribution in [2.24, 2.45) is 0 Å². The van der Waals surface area contributed by atoms with Crippen LogP contribution in [-0.2, 0) is 6.54 Å². The van der Waals surface area contributed by atoms with Crippen LogP contribution < -0.4 is 0 Å². The molecule has 4 heteroatoms. The zero-order valence-corrected chi connectivity index (χ0v) is 11.4. The molecule has 1 aromatic carbocycles. The van der Waals surface area contributed by atoms with Crippen LogP contribution in [0.5, 0.6) is 0 Å². The van der Waals surface area contributed by atoms with Crippen molar-refractivity contribution in [1.29, 1.82) is 0 Å². The molecule has 0 bridgehead atoms. The molecule has 20 heavy (non-hydrogen) atoms. The Labute approximate surface area is 116 Å². The number of hydrogen-bond donors (Lipinski definition) is 0. The first-order valence-electron chi connectivity index (χ1n) is 6.43. The number of para-hydroxylation sites is 1. The fourth-order valence-corrected chi connectivity index (χ4v) is 2.15. The van der Waals surface area contributed by atoms with Gasteiger partial charge in [-0.3, -0.25) is 4.79 Å². The van der Waals surface area contributed by atoms with Crippen molar-refractivity contribution < 1.29 is 13.6 Å². The van der Waals surface area contributed by atoms with E-state index in [0.29, 0.717) is 12.3 Å². The van der Waals surface area contributed by atoms with Crippen LogP contribution >= 0.6 is 0 Å². The Morgan fingerprint density at radius 2 is 1.95 bits per heavy atom. The van der Waals surface area contributed by atoms with Crippen molar-refractivity contribution in [2.45, 2.75) is 13.5 Å². The predicted octanol–water partition coefficient (Wildman–Crippen LogP) is 3.61. The minimum Gasteiger partial charge on any atom is -0.464 e. The van der Waals surface area contributed by atoms with Gasteiger partial charge in [-0.05, 0) is 31.2 Å². The molecule has 0 spiro atoms. The molecule has 0 saturated heterocycles. The fourth-order valence-electron chi connectivity index (χ4n) is 2.15. The van der Waals surface area contributed by atoms with E-state index in [1.807, 2.05) is 43.3 Å². The summed E-state index contributed by atoms with van der Waals surface area (Å²) in [5.74, 6) is 1.78. The number of aryl methyl sites for hydroxylation is 1. The second-order valence-electron chi connectivity index (χ2n) is 4.82. The standard InChI is InChI=1S/C16H15NO3/c1-11-7-8-13(19-11)10-17(2)16(18)15-9-12-5-3-4-6-14(12)20-15/h3-9H,10H2,1-2H3. The summed E-state index contributed by atoms with van der Waals surface area (Å²) in [7, 11) is 1.73. The van der Waals surface area contributed by atoms with Crippen LogP contribution in [0.15, 0.2) is 51.3 Å². The van der Waals surface area contributed by atoms with Gasteiger partial charge in [0.25, 0.3) is 5.91 Å². The molecular formula is C16H15NO3. The summed E-state index contributed by atoms with van der Waals surface area (Å²) < 4.78 is 11.0. The van der Waals surface area contributed by atoms with Gasteiger partial charge in [-0.25, -0.2) is 0 Å². The number of amides is 1. The third kappa shape index (κ3) is 2.32. The molecule has 0 N–H and O–H groups in total. The molecule has 0 radical (unpaired) electrons. The van der Waals surface area contributed by atoms with Crippen LogP contribution in [0, 0.1) is 6.92 Å². The first-order valence-corrected chi connectivity index (χ1v) is 6.43. The molecule has 4 nitrogen and oxygen atoms in total.